The second-order valence-corrected chi connectivity index (χ2v) is 25.6. The average molecular weight is 1080 g/mol. The van der Waals surface area contributed by atoms with Crippen molar-refractivity contribution in [2.45, 2.75) is 241 Å². The summed E-state index contributed by atoms with van der Waals surface area (Å²) in [6.07, 6.45) is -20.8. The van der Waals surface area contributed by atoms with Crippen LogP contribution >= 0.6 is 0 Å². The highest BCUT2D eigenvalue weighted by molar-refractivity contribution is 5.79. The van der Waals surface area contributed by atoms with Crippen molar-refractivity contribution in [3.05, 3.63) is 11.6 Å². The summed E-state index contributed by atoms with van der Waals surface area (Å²) in [4.78, 5) is 15.1. The van der Waals surface area contributed by atoms with E-state index in [0.29, 0.717) is 32.1 Å². The molecule has 0 aromatic carbocycles. The zero-order valence-electron chi connectivity index (χ0n) is 44.2. The van der Waals surface area contributed by atoms with E-state index >= 15 is 4.79 Å². The van der Waals surface area contributed by atoms with Crippen molar-refractivity contribution in [2.24, 2.45) is 44.8 Å². The maximum Gasteiger partial charge on any atom is 0.315 e. The normalized spacial score (nSPS) is 54.8. The van der Waals surface area contributed by atoms with Crippen LogP contribution in [0.15, 0.2) is 11.6 Å². The SMILES string of the molecule is C[C@@H]1O[C@@H](O[C@H]2[C@H](O)[C@@H](O)[C@H](OC[C@H]3O[C@H](OC(=O)[C@]45CCC(C)(C)C[C@H]4C4=CC[C@@H]6[C@@]7(C)CC[C@H](OC[C@@H]8OC[C@H](O)[C@H](O)[C@H]8O)[C@](C)(O)[C@@H]7CC[C@@]6(C)[C@]4(C)CC5)[C@H](O)[C@@H](O)[C@@H]3O)O[C@@H]2CO)[C@H](O)[C@H](O)[C@H]1O. The van der Waals surface area contributed by atoms with Gasteiger partial charge >= 0.3 is 5.97 Å². The molecule has 4 heterocycles. The number of fused-ring (bicyclic) bond motifs is 7. The smallest absolute Gasteiger partial charge is 0.315 e. The molecule has 22 nitrogen and oxygen atoms in total. The fourth-order valence-corrected chi connectivity index (χ4v) is 15.9. The molecule has 75 heavy (non-hydrogen) atoms. The molecule has 8 fully saturated rings. The molecule has 13 N–H and O–H groups in total. The number of esters is 1. The minimum Gasteiger partial charge on any atom is -0.432 e. The fourth-order valence-electron chi connectivity index (χ4n) is 15.9. The maximum atomic E-state index is 15.1. The van der Waals surface area contributed by atoms with Gasteiger partial charge < -0.3 is 104 Å². The van der Waals surface area contributed by atoms with Crippen LogP contribution in [0.3, 0.4) is 0 Å². The van der Waals surface area contributed by atoms with Crippen molar-refractivity contribution in [1.29, 1.82) is 0 Å². The van der Waals surface area contributed by atoms with E-state index < -0.39 is 153 Å². The molecule has 9 aliphatic rings. The van der Waals surface area contributed by atoms with Gasteiger partial charge in [-0.25, -0.2) is 0 Å². The Morgan fingerprint density at radius 2 is 1.27 bits per heavy atom. The summed E-state index contributed by atoms with van der Waals surface area (Å²) in [7, 11) is 0. The monoisotopic (exact) mass is 1070 g/mol. The zero-order valence-corrected chi connectivity index (χ0v) is 44.2. The molecule has 430 valence electrons. The van der Waals surface area contributed by atoms with Gasteiger partial charge in [-0.15, -0.1) is 0 Å². The first-order valence-corrected chi connectivity index (χ1v) is 27.3. The lowest BCUT2D eigenvalue weighted by Gasteiger charge is -2.71. The predicted octanol–water partition coefficient (Wildman–Crippen LogP) is -1.60. The highest BCUT2D eigenvalue weighted by Gasteiger charge is 2.70. The third-order valence-corrected chi connectivity index (χ3v) is 20.9. The van der Waals surface area contributed by atoms with Crippen molar-refractivity contribution >= 4 is 5.97 Å². The summed E-state index contributed by atoms with van der Waals surface area (Å²) in [5.41, 5.74) is -2.03. The van der Waals surface area contributed by atoms with Crippen molar-refractivity contribution in [3.63, 3.8) is 0 Å². The molecule has 4 saturated carbocycles. The van der Waals surface area contributed by atoms with E-state index in [1.54, 1.807) is 0 Å². The third-order valence-electron chi connectivity index (χ3n) is 20.9. The molecule has 28 atom stereocenters. The summed E-state index contributed by atoms with van der Waals surface area (Å²) in [6.45, 7) is 13.1. The van der Waals surface area contributed by atoms with Gasteiger partial charge in [-0.05, 0) is 117 Å². The van der Waals surface area contributed by atoms with Crippen LogP contribution in [-0.2, 0) is 42.7 Å². The van der Waals surface area contributed by atoms with Crippen molar-refractivity contribution in [1.82, 2.24) is 0 Å². The Hall–Kier alpha value is -1.59. The standard InChI is InChI=1S/C53H86O22/c1-23-33(56)37(60)40(63)45(71-23)74-43-27(19-54)72-44(42(65)39(43)62)70-22-29-36(59)38(61)41(64)46(73-29)75-47(66)53-16-14-48(2,3)18-25(53)24-8-9-30-49(4)12-11-32(69-21-28-35(58)34(57)26(55)20-68-28)52(7,67)31(49)10-13-51(30,6)50(24,5)15-17-53/h8,23,25-46,54-65,67H,9-22H2,1-7H3/t23-,25-,26-,27+,28-,29+,30+,31+,32-,33-,34-,35-,36+,37+,38-,39+,40+,41+,42+,43+,44+,45-,46+,49+,50+,51+,52+,53-/m0/s1. The lowest BCUT2D eigenvalue weighted by atomic mass is 9.34. The van der Waals surface area contributed by atoms with Gasteiger partial charge in [-0.2, -0.15) is 0 Å². The molecule has 0 amide bonds. The van der Waals surface area contributed by atoms with Crippen LogP contribution in [0.5, 0.6) is 0 Å². The molecule has 9 rings (SSSR count). The minimum atomic E-state index is -1.87. The highest BCUT2D eigenvalue weighted by Crippen LogP contribution is 2.75. The second kappa shape index (κ2) is 21.1. The molecule has 4 aliphatic heterocycles. The minimum absolute atomic E-state index is 0.0458. The largest absolute Gasteiger partial charge is 0.432 e. The van der Waals surface area contributed by atoms with E-state index in [1.807, 2.05) is 6.92 Å². The molecule has 5 aliphatic carbocycles. The Bertz CT molecular complexity index is 2060. The van der Waals surface area contributed by atoms with Crippen LogP contribution in [-0.4, -0.2) is 227 Å². The van der Waals surface area contributed by atoms with Gasteiger partial charge in [0.25, 0.3) is 0 Å². The van der Waals surface area contributed by atoms with Crippen LogP contribution < -0.4 is 0 Å². The van der Waals surface area contributed by atoms with Crippen molar-refractivity contribution in [2.75, 3.05) is 26.4 Å². The van der Waals surface area contributed by atoms with Gasteiger partial charge in [0.2, 0.25) is 6.29 Å². The number of ether oxygens (including phenoxy) is 8. The Morgan fingerprint density at radius 1 is 0.640 bits per heavy atom. The first-order valence-electron chi connectivity index (χ1n) is 27.3. The van der Waals surface area contributed by atoms with Gasteiger partial charge in [0.15, 0.2) is 12.6 Å². The molecular weight excluding hydrogens is 989 g/mol. The molecule has 0 spiro atoms. The van der Waals surface area contributed by atoms with Gasteiger partial charge in [0.1, 0.15) is 91.6 Å². The first kappa shape index (κ1) is 58.1. The molecule has 0 radical (unpaired) electrons. The average Bonchev–Trinajstić information content (AvgIpc) is 3.35. The second-order valence-electron chi connectivity index (χ2n) is 25.6. The molecule has 0 unspecified atom stereocenters. The van der Waals surface area contributed by atoms with Crippen LogP contribution in [0.25, 0.3) is 0 Å². The van der Waals surface area contributed by atoms with Crippen molar-refractivity contribution < 1.29 is 109 Å². The van der Waals surface area contributed by atoms with E-state index in [-0.39, 0.29) is 52.6 Å². The van der Waals surface area contributed by atoms with Crippen LogP contribution in [0.2, 0.25) is 0 Å². The summed E-state index contributed by atoms with van der Waals surface area (Å²) in [6, 6.07) is 0. The third kappa shape index (κ3) is 9.70. The number of carbonyl (C=O) groups excluding carboxylic acids is 1. The zero-order chi connectivity index (χ0) is 54.7. The lowest BCUT2D eigenvalue weighted by molar-refractivity contribution is -0.361. The quantitative estimate of drug-likeness (QED) is 0.0818. The van der Waals surface area contributed by atoms with Gasteiger partial charge in [0.05, 0.1) is 49.7 Å². The number of carbonyl (C=O) groups is 1. The number of allylic oxidation sites excluding steroid dienone is 2. The summed E-state index contributed by atoms with van der Waals surface area (Å²) >= 11 is 0. The van der Waals surface area contributed by atoms with Gasteiger partial charge in [-0.1, -0.05) is 46.3 Å². The van der Waals surface area contributed by atoms with Crippen LogP contribution in [0.4, 0.5) is 0 Å². The van der Waals surface area contributed by atoms with E-state index in [1.165, 1.54) is 12.5 Å². The number of aliphatic hydroxyl groups excluding tert-OH is 12. The highest BCUT2D eigenvalue weighted by atomic mass is 16.8. The first-order chi connectivity index (χ1) is 35.1. The van der Waals surface area contributed by atoms with E-state index in [2.05, 4.69) is 40.7 Å². The lowest BCUT2D eigenvalue weighted by Crippen LogP contribution is -2.67. The molecule has 4 saturated heterocycles. The Kier molecular flexibility index (Phi) is 16.3. The maximum absolute atomic E-state index is 15.1. The Labute approximate surface area is 437 Å². The fraction of sp³-hybridized carbons (Fsp3) is 0.943. The molecular formula is C53H86O22. The summed E-state index contributed by atoms with van der Waals surface area (Å²) in [5, 5.41) is 140. The van der Waals surface area contributed by atoms with E-state index in [0.717, 1.165) is 32.1 Å². The number of rotatable bonds is 11. The Morgan fingerprint density at radius 3 is 1.97 bits per heavy atom. The van der Waals surface area contributed by atoms with Crippen LogP contribution in [0, 0.1) is 44.8 Å². The molecule has 0 aromatic rings. The summed E-state index contributed by atoms with van der Waals surface area (Å²) in [5.74, 6) is -0.784. The topological polar surface area (TPSA) is 354 Å². The summed E-state index contributed by atoms with van der Waals surface area (Å²) < 4.78 is 46.8. The van der Waals surface area contributed by atoms with Gasteiger partial charge in [0, 0.05) is 0 Å². The van der Waals surface area contributed by atoms with E-state index in [4.69, 9.17) is 37.9 Å². The Balaban J connectivity index is 0.882. The predicted molar refractivity (Wildman–Crippen MR) is 257 cm³/mol. The number of hydrogen-bond acceptors (Lipinski definition) is 22. The van der Waals surface area contributed by atoms with Crippen molar-refractivity contribution in [3.8, 4) is 0 Å². The van der Waals surface area contributed by atoms with Crippen LogP contribution in [0.1, 0.15) is 113 Å². The molecule has 0 bridgehead atoms. The molecule has 0 aromatic heterocycles. The number of hydrogen-bond donors (Lipinski definition) is 13. The van der Waals surface area contributed by atoms with E-state index in [9.17, 15) is 66.4 Å². The van der Waals surface area contributed by atoms with Gasteiger partial charge in [-0.3, -0.25) is 4.79 Å². The number of aliphatic hydroxyl groups is 13. The molecule has 22 heteroatoms.